The maximum absolute atomic E-state index is 12.4. The van der Waals surface area contributed by atoms with E-state index in [0.717, 1.165) is 18.4 Å². The molecule has 0 aromatic heterocycles. The highest BCUT2D eigenvalue weighted by atomic mass is 16.5. The van der Waals surface area contributed by atoms with E-state index in [1.165, 1.54) is 0 Å². The second-order valence-electron chi connectivity index (χ2n) is 6.82. The first-order valence-electron chi connectivity index (χ1n) is 8.96. The molecule has 0 saturated carbocycles. The van der Waals surface area contributed by atoms with Crippen molar-refractivity contribution < 1.29 is 19.1 Å². The van der Waals surface area contributed by atoms with Crippen LogP contribution in [-0.2, 0) is 14.3 Å². The summed E-state index contributed by atoms with van der Waals surface area (Å²) in [5.74, 6) is -0.119. The molecule has 3 N–H and O–H groups in total. The average Bonchev–Trinajstić information content (AvgIpc) is 2.61. The Balaban J connectivity index is 1.92. The van der Waals surface area contributed by atoms with Crippen LogP contribution in [0.1, 0.15) is 44.7 Å². The Bertz CT molecular complexity index is 627. The second-order valence-corrected chi connectivity index (χ2v) is 6.82. The lowest BCUT2D eigenvalue weighted by Gasteiger charge is -2.32. The van der Waals surface area contributed by atoms with E-state index in [-0.39, 0.29) is 12.3 Å². The zero-order valence-corrected chi connectivity index (χ0v) is 15.3. The summed E-state index contributed by atoms with van der Waals surface area (Å²) in [4.78, 5) is 37.7. The molecule has 2 atom stereocenters. The SMILES string of the molecule is CC1CCN(C(=O)[C@@H](C)OC(=O)C[C@@H](NC(N)=O)c2ccccc2)CC1. The van der Waals surface area contributed by atoms with Gasteiger partial charge in [-0.15, -0.1) is 0 Å². The highest BCUT2D eigenvalue weighted by Crippen LogP contribution is 2.19. The van der Waals surface area contributed by atoms with Gasteiger partial charge in [0.1, 0.15) is 0 Å². The predicted octanol–water partition coefficient (Wildman–Crippen LogP) is 1.98. The van der Waals surface area contributed by atoms with Crippen LogP contribution in [0, 0.1) is 5.92 Å². The van der Waals surface area contributed by atoms with Crippen LogP contribution in [0.15, 0.2) is 30.3 Å². The first-order valence-corrected chi connectivity index (χ1v) is 8.96. The molecule has 1 saturated heterocycles. The average molecular weight is 361 g/mol. The zero-order valence-electron chi connectivity index (χ0n) is 15.3. The van der Waals surface area contributed by atoms with Crippen LogP contribution < -0.4 is 11.1 Å². The Labute approximate surface area is 153 Å². The minimum absolute atomic E-state index is 0.0956. The third-order valence-corrected chi connectivity index (χ3v) is 4.64. The lowest BCUT2D eigenvalue weighted by atomic mass is 9.99. The van der Waals surface area contributed by atoms with E-state index in [1.54, 1.807) is 36.1 Å². The summed E-state index contributed by atoms with van der Waals surface area (Å²) in [7, 11) is 0. The van der Waals surface area contributed by atoms with Gasteiger partial charge in [0, 0.05) is 13.1 Å². The molecule has 0 unspecified atom stereocenters. The standard InChI is InChI=1S/C19H27N3O4/c1-13-8-10-22(11-9-13)18(24)14(2)26-17(23)12-16(21-19(20)25)15-6-4-3-5-7-15/h3-7,13-14,16H,8-12H2,1-2H3,(H3,20,21,25)/t14-,16-/m1/s1. The lowest BCUT2D eigenvalue weighted by Crippen LogP contribution is -2.44. The number of primary amides is 1. The van der Waals surface area contributed by atoms with Gasteiger partial charge in [-0.3, -0.25) is 9.59 Å². The summed E-state index contributed by atoms with van der Waals surface area (Å²) < 4.78 is 5.30. The predicted molar refractivity (Wildman–Crippen MR) is 97.1 cm³/mol. The minimum Gasteiger partial charge on any atom is -0.452 e. The normalized spacial score (nSPS) is 17.2. The van der Waals surface area contributed by atoms with Gasteiger partial charge in [0.25, 0.3) is 5.91 Å². The van der Waals surface area contributed by atoms with Crippen molar-refractivity contribution in [3.05, 3.63) is 35.9 Å². The fraction of sp³-hybridized carbons (Fsp3) is 0.526. The Morgan fingerprint density at radius 1 is 1.23 bits per heavy atom. The summed E-state index contributed by atoms with van der Waals surface area (Å²) in [6.45, 7) is 5.13. The van der Waals surface area contributed by atoms with E-state index >= 15 is 0 Å². The van der Waals surface area contributed by atoms with Gasteiger partial charge in [-0.25, -0.2) is 4.79 Å². The number of esters is 1. The fourth-order valence-corrected chi connectivity index (χ4v) is 3.06. The summed E-state index contributed by atoms with van der Waals surface area (Å²) in [5.41, 5.74) is 5.94. The molecular weight excluding hydrogens is 334 g/mol. The quantitative estimate of drug-likeness (QED) is 0.756. The van der Waals surface area contributed by atoms with Gasteiger partial charge in [-0.2, -0.15) is 0 Å². The highest BCUT2D eigenvalue weighted by molar-refractivity contribution is 5.84. The number of benzene rings is 1. The highest BCUT2D eigenvalue weighted by Gasteiger charge is 2.28. The van der Waals surface area contributed by atoms with E-state index in [0.29, 0.717) is 19.0 Å². The molecule has 0 aliphatic carbocycles. The van der Waals surface area contributed by atoms with Gasteiger partial charge < -0.3 is 20.7 Å². The van der Waals surface area contributed by atoms with E-state index in [1.807, 2.05) is 6.07 Å². The molecule has 1 aliphatic rings. The summed E-state index contributed by atoms with van der Waals surface area (Å²) >= 11 is 0. The van der Waals surface area contributed by atoms with E-state index in [4.69, 9.17) is 10.5 Å². The number of nitrogens with one attached hydrogen (secondary N) is 1. The number of likely N-dealkylation sites (tertiary alicyclic amines) is 1. The Hall–Kier alpha value is -2.57. The molecular formula is C19H27N3O4. The number of urea groups is 1. The van der Waals surface area contributed by atoms with Crippen molar-refractivity contribution in [3.8, 4) is 0 Å². The van der Waals surface area contributed by atoms with Crippen molar-refractivity contribution in [1.82, 2.24) is 10.2 Å². The molecule has 1 heterocycles. The van der Waals surface area contributed by atoms with Crippen molar-refractivity contribution >= 4 is 17.9 Å². The van der Waals surface area contributed by atoms with Crippen LogP contribution in [0.2, 0.25) is 0 Å². The van der Waals surface area contributed by atoms with Crippen molar-refractivity contribution in [2.24, 2.45) is 11.7 Å². The smallest absolute Gasteiger partial charge is 0.312 e. The Kier molecular flexibility index (Phi) is 7.00. The van der Waals surface area contributed by atoms with Gasteiger partial charge in [-0.1, -0.05) is 37.3 Å². The van der Waals surface area contributed by atoms with Crippen molar-refractivity contribution in [2.75, 3.05) is 13.1 Å². The first-order chi connectivity index (χ1) is 12.4. The molecule has 1 aromatic carbocycles. The second kappa shape index (κ2) is 9.22. The summed E-state index contributed by atoms with van der Waals surface area (Å²) in [5, 5.41) is 2.54. The van der Waals surface area contributed by atoms with Crippen LogP contribution >= 0.6 is 0 Å². The minimum atomic E-state index is -0.846. The first kappa shape index (κ1) is 19.8. The maximum Gasteiger partial charge on any atom is 0.312 e. The monoisotopic (exact) mass is 361 g/mol. The zero-order chi connectivity index (χ0) is 19.1. The molecule has 0 bridgehead atoms. The lowest BCUT2D eigenvalue weighted by molar-refractivity contribution is -0.160. The number of hydrogen-bond acceptors (Lipinski definition) is 4. The molecule has 0 spiro atoms. The molecule has 2 rings (SSSR count). The number of ether oxygens (including phenoxy) is 1. The van der Waals surface area contributed by atoms with E-state index < -0.39 is 24.1 Å². The number of piperidine rings is 1. The van der Waals surface area contributed by atoms with Gasteiger partial charge in [-0.05, 0) is 31.2 Å². The Morgan fingerprint density at radius 2 is 1.85 bits per heavy atom. The van der Waals surface area contributed by atoms with Gasteiger partial charge >= 0.3 is 12.0 Å². The number of nitrogens with zero attached hydrogens (tertiary/aromatic N) is 1. The molecule has 7 heteroatoms. The van der Waals surface area contributed by atoms with Crippen molar-refractivity contribution in [3.63, 3.8) is 0 Å². The topological polar surface area (TPSA) is 102 Å². The van der Waals surface area contributed by atoms with Crippen LogP contribution in [0.5, 0.6) is 0 Å². The van der Waals surface area contributed by atoms with Crippen LogP contribution in [0.25, 0.3) is 0 Å². The molecule has 1 fully saturated rings. The summed E-state index contributed by atoms with van der Waals surface area (Å²) in [6, 6.07) is 7.70. The van der Waals surface area contributed by atoms with Crippen LogP contribution in [0.3, 0.4) is 0 Å². The third-order valence-electron chi connectivity index (χ3n) is 4.64. The third kappa shape index (κ3) is 5.75. The van der Waals surface area contributed by atoms with Crippen LogP contribution in [-0.4, -0.2) is 42.0 Å². The largest absolute Gasteiger partial charge is 0.452 e. The molecule has 0 radical (unpaired) electrons. The summed E-state index contributed by atoms with van der Waals surface area (Å²) in [6.07, 6.45) is 0.985. The van der Waals surface area contributed by atoms with Crippen LogP contribution in [0.4, 0.5) is 4.79 Å². The van der Waals surface area contributed by atoms with E-state index in [2.05, 4.69) is 12.2 Å². The fourth-order valence-electron chi connectivity index (χ4n) is 3.06. The number of nitrogens with two attached hydrogens (primary N) is 1. The molecule has 26 heavy (non-hydrogen) atoms. The molecule has 3 amide bonds. The van der Waals surface area contributed by atoms with Gasteiger partial charge in [0.15, 0.2) is 6.10 Å². The molecule has 7 nitrogen and oxygen atoms in total. The van der Waals surface area contributed by atoms with Gasteiger partial charge in [0.2, 0.25) is 0 Å². The number of carbonyl (C=O) groups is 3. The molecule has 1 aromatic rings. The number of carbonyl (C=O) groups excluding carboxylic acids is 3. The van der Waals surface area contributed by atoms with Crippen molar-refractivity contribution in [1.29, 1.82) is 0 Å². The molecule has 1 aliphatic heterocycles. The molecule has 142 valence electrons. The Morgan fingerprint density at radius 3 is 2.42 bits per heavy atom. The number of rotatable bonds is 6. The number of amides is 3. The van der Waals surface area contributed by atoms with Crippen molar-refractivity contribution in [2.45, 2.75) is 45.3 Å². The van der Waals surface area contributed by atoms with Gasteiger partial charge in [0.05, 0.1) is 12.5 Å². The maximum atomic E-state index is 12.4. The van der Waals surface area contributed by atoms with E-state index in [9.17, 15) is 14.4 Å². The number of hydrogen-bond donors (Lipinski definition) is 2.